The molecule has 2 rings (SSSR count). The van der Waals surface area contributed by atoms with Crippen LogP contribution in [-0.2, 0) is 9.09 Å². The molecule has 0 fully saturated rings. The smallest absolute Gasteiger partial charge is 0.282 e. The van der Waals surface area contributed by atoms with Gasteiger partial charge in [0.1, 0.15) is 16.8 Å². The van der Waals surface area contributed by atoms with E-state index in [9.17, 15) is 14.7 Å². The summed E-state index contributed by atoms with van der Waals surface area (Å²) in [7, 11) is -2.09. The fraction of sp³-hybridized carbons (Fsp3) is 0.200. The van der Waals surface area contributed by atoms with Crippen molar-refractivity contribution >= 4 is 41.6 Å². The number of nitro groups is 1. The highest BCUT2D eigenvalue weighted by atomic mass is 35.5. The number of nitro benzene ring substituents is 1. The van der Waals surface area contributed by atoms with Crippen LogP contribution < -0.4 is 10.0 Å². The molecule has 6 nitrogen and oxygen atoms in total. The SMILES string of the molecule is CCP(=O)(OC)c1cc(Oc2ccc(Cl)cc2Cl)ccc1[N+](=O)[O-]. The Kier molecular flexibility index (Phi) is 5.88. The maximum absolute atomic E-state index is 12.8. The molecule has 2 aromatic rings. The van der Waals surface area contributed by atoms with Gasteiger partial charge in [-0.15, -0.1) is 0 Å². The second-order valence-electron chi connectivity index (χ2n) is 4.76. The first kappa shape index (κ1) is 18.7. The van der Waals surface area contributed by atoms with Gasteiger partial charge in [0.05, 0.1) is 9.95 Å². The Morgan fingerprint density at radius 1 is 1.21 bits per heavy atom. The van der Waals surface area contributed by atoms with Gasteiger partial charge in [0, 0.05) is 30.4 Å². The Bertz CT molecular complexity index is 820. The van der Waals surface area contributed by atoms with Crippen molar-refractivity contribution in [1.29, 1.82) is 0 Å². The molecule has 0 bridgehead atoms. The van der Waals surface area contributed by atoms with Gasteiger partial charge < -0.3 is 9.26 Å². The van der Waals surface area contributed by atoms with Crippen molar-refractivity contribution in [3.63, 3.8) is 0 Å². The number of benzene rings is 2. The van der Waals surface area contributed by atoms with Gasteiger partial charge in [-0.2, -0.15) is 0 Å². The molecule has 0 spiro atoms. The van der Waals surface area contributed by atoms with Crippen molar-refractivity contribution < 1.29 is 18.7 Å². The van der Waals surface area contributed by atoms with Gasteiger partial charge in [-0.05, 0) is 24.3 Å². The molecule has 0 aliphatic carbocycles. The lowest BCUT2D eigenvalue weighted by atomic mass is 10.3. The van der Waals surface area contributed by atoms with Crippen molar-refractivity contribution in [2.45, 2.75) is 6.92 Å². The molecule has 0 aliphatic heterocycles. The number of ether oxygens (including phenoxy) is 1. The summed E-state index contributed by atoms with van der Waals surface area (Å²) in [5.41, 5.74) is -0.281. The maximum Gasteiger partial charge on any atom is 0.282 e. The minimum Gasteiger partial charge on any atom is -0.456 e. The first-order chi connectivity index (χ1) is 11.3. The van der Waals surface area contributed by atoms with Crippen LogP contribution in [0, 0.1) is 10.1 Å². The minimum absolute atomic E-state index is 0.0000796. The van der Waals surface area contributed by atoms with Gasteiger partial charge in [-0.3, -0.25) is 14.7 Å². The third-order valence-electron chi connectivity index (χ3n) is 3.34. The summed E-state index contributed by atoms with van der Waals surface area (Å²) < 4.78 is 23.5. The average Bonchev–Trinajstić information content (AvgIpc) is 2.56. The zero-order valence-corrected chi connectivity index (χ0v) is 15.3. The molecule has 0 aromatic heterocycles. The number of rotatable bonds is 6. The zero-order valence-electron chi connectivity index (χ0n) is 12.9. The van der Waals surface area contributed by atoms with Gasteiger partial charge in [-0.25, -0.2) is 0 Å². The molecule has 9 heteroatoms. The van der Waals surface area contributed by atoms with Gasteiger partial charge in [0.2, 0.25) is 7.37 Å². The summed E-state index contributed by atoms with van der Waals surface area (Å²) in [6.45, 7) is 1.64. The number of nitrogens with zero attached hydrogens (tertiary/aromatic N) is 1. The van der Waals surface area contributed by atoms with Crippen molar-refractivity contribution in [2.75, 3.05) is 13.3 Å². The standard InChI is InChI=1S/C15H14Cl2NO5P/c1-3-24(21,22-2)15-9-11(5-6-13(15)18(19)20)23-14-7-4-10(16)8-12(14)17/h4-9H,3H2,1-2H3. The van der Waals surface area contributed by atoms with Crippen LogP contribution in [0.15, 0.2) is 36.4 Å². The van der Waals surface area contributed by atoms with Crippen LogP contribution in [0.2, 0.25) is 10.0 Å². The fourth-order valence-corrected chi connectivity index (χ4v) is 4.15. The molecule has 1 unspecified atom stereocenters. The molecule has 0 aliphatic rings. The molecule has 0 saturated carbocycles. The summed E-state index contributed by atoms with van der Waals surface area (Å²) >= 11 is 11.9. The van der Waals surface area contributed by atoms with E-state index in [-0.39, 0.29) is 27.9 Å². The van der Waals surface area contributed by atoms with Gasteiger partial charge in [0.25, 0.3) is 5.69 Å². The summed E-state index contributed by atoms with van der Waals surface area (Å²) in [6, 6.07) is 8.66. The second-order valence-corrected chi connectivity index (χ2v) is 8.43. The third kappa shape index (κ3) is 3.90. The Hall–Kier alpha value is -1.59. The number of hydrogen-bond acceptors (Lipinski definition) is 5. The molecular weight excluding hydrogens is 376 g/mol. The molecule has 0 radical (unpaired) electrons. The molecule has 128 valence electrons. The fourth-order valence-electron chi connectivity index (χ4n) is 2.08. The van der Waals surface area contributed by atoms with Crippen molar-refractivity contribution in [3.8, 4) is 11.5 Å². The Balaban J connectivity index is 2.50. The van der Waals surface area contributed by atoms with E-state index in [1.54, 1.807) is 19.1 Å². The van der Waals surface area contributed by atoms with Crippen LogP contribution in [-0.4, -0.2) is 18.2 Å². The molecule has 0 N–H and O–H groups in total. The molecule has 1 atom stereocenters. The van der Waals surface area contributed by atoms with Crippen LogP contribution in [0.4, 0.5) is 5.69 Å². The predicted molar refractivity (Wildman–Crippen MR) is 94.4 cm³/mol. The topological polar surface area (TPSA) is 78.7 Å². The van der Waals surface area contributed by atoms with Gasteiger partial charge in [-0.1, -0.05) is 30.1 Å². The molecule has 2 aromatic carbocycles. The van der Waals surface area contributed by atoms with E-state index in [2.05, 4.69) is 0 Å². The van der Waals surface area contributed by atoms with Crippen LogP contribution in [0.3, 0.4) is 0 Å². The van der Waals surface area contributed by atoms with E-state index in [0.717, 1.165) is 0 Å². The van der Waals surface area contributed by atoms with E-state index in [1.165, 1.54) is 31.4 Å². The van der Waals surface area contributed by atoms with Crippen molar-refractivity contribution in [2.24, 2.45) is 0 Å². The van der Waals surface area contributed by atoms with Gasteiger partial charge in [0.15, 0.2) is 0 Å². The van der Waals surface area contributed by atoms with Crippen LogP contribution in [0.5, 0.6) is 11.5 Å². The number of halogens is 2. The molecule has 24 heavy (non-hydrogen) atoms. The predicted octanol–water partition coefficient (Wildman–Crippen LogP) is 5.26. The Labute approximate surface area is 148 Å². The highest BCUT2D eigenvalue weighted by Crippen LogP contribution is 2.47. The molecule has 0 heterocycles. The summed E-state index contributed by atoms with van der Waals surface area (Å²) in [5, 5.41) is 11.9. The minimum atomic E-state index is -3.35. The van der Waals surface area contributed by atoms with E-state index in [4.69, 9.17) is 32.5 Å². The lowest BCUT2D eigenvalue weighted by Gasteiger charge is -2.16. The summed E-state index contributed by atoms with van der Waals surface area (Å²) in [4.78, 5) is 10.6. The average molecular weight is 390 g/mol. The van der Waals surface area contributed by atoms with Crippen LogP contribution >= 0.6 is 30.6 Å². The quantitative estimate of drug-likeness (QED) is 0.382. The second kappa shape index (κ2) is 7.53. The lowest BCUT2D eigenvalue weighted by molar-refractivity contribution is -0.383. The zero-order chi connectivity index (χ0) is 17.9. The van der Waals surface area contributed by atoms with Crippen LogP contribution in [0.25, 0.3) is 0 Å². The van der Waals surface area contributed by atoms with Crippen molar-refractivity contribution in [3.05, 3.63) is 56.6 Å². The highest BCUT2D eigenvalue weighted by Gasteiger charge is 2.31. The van der Waals surface area contributed by atoms with Crippen LogP contribution in [0.1, 0.15) is 6.92 Å². The third-order valence-corrected chi connectivity index (χ3v) is 6.39. The summed E-state index contributed by atoms with van der Waals surface area (Å²) in [6.07, 6.45) is 0.121. The normalized spacial score (nSPS) is 13.3. The number of hydrogen-bond donors (Lipinski definition) is 0. The lowest BCUT2D eigenvalue weighted by Crippen LogP contribution is -2.13. The first-order valence-electron chi connectivity index (χ1n) is 6.87. The summed E-state index contributed by atoms with van der Waals surface area (Å²) in [5.74, 6) is 0.579. The van der Waals surface area contributed by atoms with E-state index in [1.807, 2.05) is 0 Å². The highest BCUT2D eigenvalue weighted by molar-refractivity contribution is 7.67. The first-order valence-corrected chi connectivity index (χ1v) is 9.44. The largest absolute Gasteiger partial charge is 0.456 e. The van der Waals surface area contributed by atoms with Crippen molar-refractivity contribution in [1.82, 2.24) is 0 Å². The van der Waals surface area contributed by atoms with E-state index >= 15 is 0 Å². The van der Waals surface area contributed by atoms with E-state index < -0.39 is 12.3 Å². The van der Waals surface area contributed by atoms with Gasteiger partial charge >= 0.3 is 0 Å². The molecular formula is C15H14Cl2NO5P. The Morgan fingerprint density at radius 3 is 2.46 bits per heavy atom. The molecule has 0 amide bonds. The maximum atomic E-state index is 12.8. The Morgan fingerprint density at radius 2 is 1.92 bits per heavy atom. The van der Waals surface area contributed by atoms with E-state index in [0.29, 0.717) is 10.8 Å². The monoisotopic (exact) mass is 389 g/mol. The molecule has 0 saturated heterocycles.